The first kappa shape index (κ1) is 22.4. The van der Waals surface area contributed by atoms with E-state index < -0.39 is 0 Å². The monoisotopic (exact) mass is 447 g/mol. The summed E-state index contributed by atoms with van der Waals surface area (Å²) in [7, 11) is 0. The molecule has 0 fully saturated rings. The van der Waals surface area contributed by atoms with Crippen LogP contribution in [0.3, 0.4) is 0 Å². The second-order valence-corrected chi connectivity index (χ2v) is 10.9. The van der Waals surface area contributed by atoms with Gasteiger partial charge in [-0.15, -0.1) is 0 Å². The van der Waals surface area contributed by atoms with Gasteiger partial charge in [0.05, 0.1) is 5.69 Å². The number of aryl methyl sites for hydroxylation is 1. The predicted octanol–water partition coefficient (Wildman–Crippen LogP) is 9.12. The van der Waals surface area contributed by atoms with E-state index in [-0.39, 0.29) is 5.41 Å². The molecule has 0 N–H and O–H groups in total. The lowest BCUT2D eigenvalue weighted by molar-refractivity contribution is 0.579. The van der Waals surface area contributed by atoms with Crippen LogP contribution in [0, 0.1) is 12.8 Å². The van der Waals surface area contributed by atoms with Crippen LogP contribution in [-0.2, 0) is 11.8 Å². The molecule has 0 saturated heterocycles. The second kappa shape index (κ2) is 8.43. The largest absolute Gasteiger partial charge is 0.461 e. The van der Waals surface area contributed by atoms with Crippen LogP contribution in [0.5, 0.6) is 0 Å². The molecule has 0 unspecified atom stereocenters. The first-order valence-corrected chi connectivity index (χ1v) is 12.2. The zero-order valence-corrected chi connectivity index (χ0v) is 21.1. The molecule has 0 saturated carbocycles. The van der Waals surface area contributed by atoms with Crippen LogP contribution >= 0.6 is 0 Å². The van der Waals surface area contributed by atoms with Crippen molar-refractivity contribution >= 4 is 21.7 Å². The smallest absolute Gasteiger partial charge is 0.134 e. The molecular weight excluding hydrogens is 414 g/mol. The molecule has 0 bridgehead atoms. The van der Waals surface area contributed by atoms with Gasteiger partial charge in [-0.25, -0.2) is 0 Å². The molecule has 2 heteroatoms. The fourth-order valence-electron chi connectivity index (χ4n) is 5.05. The Kier molecular flexibility index (Phi) is 5.56. The van der Waals surface area contributed by atoms with Crippen LogP contribution in [0.1, 0.15) is 51.5 Å². The second-order valence-electron chi connectivity index (χ2n) is 10.9. The summed E-state index contributed by atoms with van der Waals surface area (Å²) in [5.74, 6) is 1.56. The fourth-order valence-corrected chi connectivity index (χ4v) is 5.05. The van der Waals surface area contributed by atoms with Gasteiger partial charge in [0.2, 0.25) is 0 Å². The fraction of sp³-hybridized carbons (Fsp3) is 0.281. The van der Waals surface area contributed by atoms with Crippen LogP contribution in [0.4, 0.5) is 0 Å². The third-order valence-corrected chi connectivity index (χ3v) is 6.59. The Bertz CT molecular complexity index is 1500. The van der Waals surface area contributed by atoms with Crippen molar-refractivity contribution in [2.24, 2.45) is 5.92 Å². The van der Waals surface area contributed by atoms with E-state index in [4.69, 9.17) is 9.40 Å². The molecule has 0 aliphatic heterocycles. The van der Waals surface area contributed by atoms with Crippen LogP contribution in [0.15, 0.2) is 77.3 Å². The summed E-state index contributed by atoms with van der Waals surface area (Å²) in [6, 6.07) is 24.1. The zero-order chi connectivity index (χ0) is 24.0. The van der Waals surface area contributed by atoms with Crippen LogP contribution in [-0.4, -0.2) is 4.98 Å². The quantitative estimate of drug-likeness (QED) is 0.274. The average Bonchev–Trinajstić information content (AvgIpc) is 3.12. The van der Waals surface area contributed by atoms with E-state index in [1.807, 2.05) is 6.20 Å². The van der Waals surface area contributed by atoms with Crippen LogP contribution in [0.2, 0.25) is 0 Å². The molecule has 34 heavy (non-hydrogen) atoms. The minimum atomic E-state index is 0.0391. The van der Waals surface area contributed by atoms with Crippen LogP contribution in [0.25, 0.3) is 44.1 Å². The van der Waals surface area contributed by atoms with Crippen molar-refractivity contribution in [3.05, 3.63) is 89.8 Å². The number of rotatable bonds is 4. The van der Waals surface area contributed by atoms with Crippen molar-refractivity contribution in [1.82, 2.24) is 4.98 Å². The Labute approximate surface area is 202 Å². The molecular formula is C32H33NO. The van der Waals surface area contributed by atoms with Gasteiger partial charge < -0.3 is 4.42 Å². The zero-order valence-electron chi connectivity index (χ0n) is 21.1. The van der Waals surface area contributed by atoms with E-state index in [1.165, 1.54) is 32.8 Å². The molecule has 0 aliphatic carbocycles. The number of nitrogens with zero attached hydrogens (tertiary/aromatic N) is 1. The summed E-state index contributed by atoms with van der Waals surface area (Å²) >= 11 is 0. The summed E-state index contributed by atoms with van der Waals surface area (Å²) in [6.45, 7) is 13.4. The number of hydrogen-bond donors (Lipinski definition) is 0. The van der Waals surface area contributed by atoms with Crippen molar-refractivity contribution in [2.45, 2.75) is 53.4 Å². The van der Waals surface area contributed by atoms with E-state index in [1.54, 1.807) is 0 Å². The van der Waals surface area contributed by atoms with E-state index in [2.05, 4.69) is 108 Å². The van der Waals surface area contributed by atoms with Gasteiger partial charge >= 0.3 is 0 Å². The highest BCUT2D eigenvalue weighted by molar-refractivity contribution is 5.97. The van der Waals surface area contributed by atoms with Crippen molar-refractivity contribution < 1.29 is 4.42 Å². The number of hydrogen-bond acceptors (Lipinski definition) is 2. The van der Waals surface area contributed by atoms with E-state index in [9.17, 15) is 0 Å². The van der Waals surface area contributed by atoms with Crippen molar-refractivity contribution in [3.63, 3.8) is 0 Å². The lowest BCUT2D eigenvalue weighted by Crippen LogP contribution is -2.12. The van der Waals surface area contributed by atoms with Gasteiger partial charge in [-0.2, -0.15) is 0 Å². The molecule has 2 heterocycles. The number of fused-ring (bicyclic) bond motifs is 2. The van der Waals surface area contributed by atoms with Gasteiger partial charge in [-0.3, -0.25) is 4.98 Å². The number of pyridine rings is 1. The van der Waals surface area contributed by atoms with Crippen molar-refractivity contribution in [2.75, 3.05) is 0 Å². The Morgan fingerprint density at radius 1 is 0.853 bits per heavy atom. The minimum Gasteiger partial charge on any atom is -0.461 e. The molecule has 0 atom stereocenters. The molecule has 0 spiro atoms. The number of aromatic nitrogens is 1. The Hall–Kier alpha value is -3.39. The Morgan fingerprint density at radius 2 is 1.65 bits per heavy atom. The topological polar surface area (TPSA) is 26.0 Å². The standard InChI is InChI=1S/C32H33NO/c1-20(2)15-22-11-12-30-27(16-22)31(21(3)34-30)24-13-14-33-29(19-24)25-17-23-9-7-8-10-26(23)28(18-25)32(4,5)6/h7-14,16-20H,15H2,1-6H3. The van der Waals surface area contributed by atoms with E-state index >= 15 is 0 Å². The summed E-state index contributed by atoms with van der Waals surface area (Å²) in [5, 5.41) is 3.74. The highest BCUT2D eigenvalue weighted by atomic mass is 16.3. The maximum atomic E-state index is 6.16. The normalized spacial score (nSPS) is 12.2. The molecule has 5 rings (SSSR count). The first-order chi connectivity index (χ1) is 16.2. The number of benzene rings is 3. The van der Waals surface area contributed by atoms with Gasteiger partial charge in [0.1, 0.15) is 11.3 Å². The van der Waals surface area contributed by atoms with Crippen molar-refractivity contribution in [1.29, 1.82) is 0 Å². The predicted molar refractivity (Wildman–Crippen MR) is 144 cm³/mol. The molecule has 0 radical (unpaired) electrons. The first-order valence-electron chi connectivity index (χ1n) is 12.2. The summed E-state index contributed by atoms with van der Waals surface area (Å²) in [6.07, 6.45) is 2.99. The van der Waals surface area contributed by atoms with Gasteiger partial charge in [0.25, 0.3) is 0 Å². The lowest BCUT2D eigenvalue weighted by atomic mass is 9.82. The highest BCUT2D eigenvalue weighted by Gasteiger charge is 2.19. The van der Waals surface area contributed by atoms with E-state index in [0.717, 1.165) is 34.6 Å². The third kappa shape index (κ3) is 4.14. The summed E-state index contributed by atoms with van der Waals surface area (Å²) in [5.41, 5.74) is 8.13. The third-order valence-electron chi connectivity index (χ3n) is 6.59. The van der Waals surface area contributed by atoms with Gasteiger partial charge in [0, 0.05) is 22.7 Å². The maximum Gasteiger partial charge on any atom is 0.134 e. The van der Waals surface area contributed by atoms with Crippen molar-refractivity contribution in [3.8, 4) is 22.4 Å². The summed E-state index contributed by atoms with van der Waals surface area (Å²) in [4.78, 5) is 4.79. The van der Waals surface area contributed by atoms with Crippen LogP contribution < -0.4 is 0 Å². The maximum absolute atomic E-state index is 6.16. The van der Waals surface area contributed by atoms with E-state index in [0.29, 0.717) is 5.92 Å². The number of furan rings is 1. The molecule has 5 aromatic rings. The van der Waals surface area contributed by atoms with Gasteiger partial charge in [-0.1, -0.05) is 65.0 Å². The molecule has 2 nitrogen and oxygen atoms in total. The Balaban J connectivity index is 1.67. The molecule has 2 aromatic heterocycles. The lowest BCUT2D eigenvalue weighted by Gasteiger charge is -2.22. The van der Waals surface area contributed by atoms with Gasteiger partial charge in [-0.05, 0) is 88.5 Å². The molecule has 3 aromatic carbocycles. The molecule has 0 amide bonds. The summed E-state index contributed by atoms with van der Waals surface area (Å²) < 4.78 is 6.16. The van der Waals surface area contributed by atoms with Gasteiger partial charge in [0.15, 0.2) is 0 Å². The minimum absolute atomic E-state index is 0.0391. The molecule has 172 valence electrons. The SMILES string of the molecule is Cc1oc2ccc(CC(C)C)cc2c1-c1ccnc(-c2cc(C(C)(C)C)c3ccccc3c2)c1. The Morgan fingerprint density at radius 3 is 2.41 bits per heavy atom. The molecule has 0 aliphatic rings. The average molecular weight is 448 g/mol. The highest BCUT2D eigenvalue weighted by Crippen LogP contribution is 2.38.